The number of nitrogens with zero attached hydrogens (tertiary/aromatic N) is 1. The van der Waals surface area contributed by atoms with E-state index in [1.165, 1.54) is 0 Å². The van der Waals surface area contributed by atoms with Crippen LogP contribution in [0.4, 0.5) is 0 Å². The van der Waals surface area contributed by atoms with Crippen molar-refractivity contribution in [2.24, 2.45) is 7.05 Å². The molecule has 3 unspecified atom stereocenters. The van der Waals surface area contributed by atoms with E-state index in [2.05, 4.69) is 0 Å². The van der Waals surface area contributed by atoms with Gasteiger partial charge in [-0.25, -0.2) is 0 Å². The van der Waals surface area contributed by atoms with Crippen LogP contribution in [0.25, 0.3) is 0 Å². The van der Waals surface area contributed by atoms with Crippen molar-refractivity contribution in [1.82, 2.24) is 4.57 Å². The molecule has 4 heteroatoms. The molecular formula is C12H17NO3. The highest BCUT2D eigenvalue weighted by molar-refractivity contribution is 5.78. The van der Waals surface area contributed by atoms with Gasteiger partial charge in [-0.2, -0.15) is 0 Å². The number of aryl methyl sites for hydroxylation is 1. The quantitative estimate of drug-likeness (QED) is 0.771. The summed E-state index contributed by atoms with van der Waals surface area (Å²) in [7, 11) is 3.51. The van der Waals surface area contributed by atoms with E-state index >= 15 is 0 Å². The van der Waals surface area contributed by atoms with Gasteiger partial charge >= 0.3 is 0 Å². The Morgan fingerprint density at radius 1 is 1.62 bits per heavy atom. The molecule has 0 fully saturated rings. The molecule has 1 N–H and O–H groups in total. The van der Waals surface area contributed by atoms with Gasteiger partial charge in [-0.05, 0) is 0 Å². The highest BCUT2D eigenvalue weighted by atomic mass is 16.5. The van der Waals surface area contributed by atoms with Crippen molar-refractivity contribution in [3.63, 3.8) is 0 Å². The predicted molar refractivity (Wildman–Crippen MR) is 59.6 cm³/mol. The van der Waals surface area contributed by atoms with Crippen LogP contribution < -0.4 is 0 Å². The second-order valence-electron chi connectivity index (χ2n) is 4.43. The van der Waals surface area contributed by atoms with Crippen LogP contribution in [-0.4, -0.2) is 29.2 Å². The molecule has 16 heavy (non-hydrogen) atoms. The Labute approximate surface area is 94.8 Å². The highest BCUT2D eigenvalue weighted by Gasteiger charge is 2.35. The zero-order valence-corrected chi connectivity index (χ0v) is 9.80. The summed E-state index contributed by atoms with van der Waals surface area (Å²) in [5.41, 5.74) is 2.62. The summed E-state index contributed by atoms with van der Waals surface area (Å²) in [5.74, 6) is 0.0418. The van der Waals surface area contributed by atoms with Crippen molar-refractivity contribution < 1.29 is 14.6 Å². The van der Waals surface area contributed by atoms with Crippen LogP contribution in [0.1, 0.15) is 47.0 Å². The van der Waals surface area contributed by atoms with Crippen LogP contribution in [0.2, 0.25) is 0 Å². The third-order valence-corrected chi connectivity index (χ3v) is 3.50. The summed E-state index contributed by atoms with van der Waals surface area (Å²) < 4.78 is 7.27. The van der Waals surface area contributed by atoms with Crippen molar-refractivity contribution in [1.29, 1.82) is 0 Å². The largest absolute Gasteiger partial charge is 0.392 e. The first-order chi connectivity index (χ1) is 7.60. The molecule has 0 aromatic carbocycles. The van der Waals surface area contributed by atoms with E-state index in [-0.39, 0.29) is 12.0 Å². The second kappa shape index (κ2) is 4.03. The number of aliphatic hydroxyl groups is 1. The number of aromatic nitrogens is 1. The van der Waals surface area contributed by atoms with Gasteiger partial charge in [0.05, 0.1) is 12.2 Å². The van der Waals surface area contributed by atoms with Crippen molar-refractivity contribution in [3.8, 4) is 0 Å². The fourth-order valence-electron chi connectivity index (χ4n) is 2.63. The van der Waals surface area contributed by atoms with E-state index in [9.17, 15) is 9.90 Å². The molecule has 0 radical (unpaired) electrons. The van der Waals surface area contributed by atoms with Crippen molar-refractivity contribution in [2.45, 2.75) is 31.5 Å². The highest BCUT2D eigenvalue weighted by Crippen LogP contribution is 2.41. The normalized spacial score (nSPS) is 28.9. The second-order valence-corrected chi connectivity index (χ2v) is 4.43. The molecule has 1 aromatic heterocycles. The molecule has 0 saturated carbocycles. The minimum absolute atomic E-state index is 0.0418. The lowest BCUT2D eigenvalue weighted by Gasteiger charge is -2.31. The fourth-order valence-corrected chi connectivity index (χ4v) is 2.63. The summed E-state index contributed by atoms with van der Waals surface area (Å²) in [6, 6.07) is 0. The number of carbonyl (C=O) groups excluding carboxylic acids is 1. The van der Waals surface area contributed by atoms with Gasteiger partial charge in [0.1, 0.15) is 0 Å². The molecule has 0 amide bonds. The number of hydrogen-bond acceptors (Lipinski definition) is 3. The molecular weight excluding hydrogens is 206 g/mol. The van der Waals surface area contributed by atoms with E-state index in [1.807, 2.05) is 18.5 Å². The van der Waals surface area contributed by atoms with E-state index in [0.717, 1.165) is 17.5 Å². The Kier molecular flexibility index (Phi) is 2.86. The maximum Gasteiger partial charge on any atom is 0.151 e. The van der Waals surface area contributed by atoms with Gasteiger partial charge in [0, 0.05) is 49.5 Å². The topological polar surface area (TPSA) is 51.5 Å². The van der Waals surface area contributed by atoms with Crippen LogP contribution in [0.5, 0.6) is 0 Å². The molecule has 4 nitrogen and oxygen atoms in total. The standard InChI is InChI=1S/C12H17NO3/c1-7-9(15)4-10(16-3)11-8(6-14)5-13(2)12(7)11/h5-7,9-10,15H,4H2,1-3H3. The van der Waals surface area contributed by atoms with E-state index in [0.29, 0.717) is 12.0 Å². The molecule has 0 aliphatic heterocycles. The van der Waals surface area contributed by atoms with E-state index in [4.69, 9.17) is 4.74 Å². The number of carbonyl (C=O) groups is 1. The molecule has 3 atom stereocenters. The fraction of sp³-hybridized carbons (Fsp3) is 0.583. The number of aliphatic hydroxyl groups excluding tert-OH is 1. The van der Waals surface area contributed by atoms with Gasteiger partial charge in [-0.1, -0.05) is 6.92 Å². The number of methoxy groups -OCH3 is 1. The molecule has 1 aromatic rings. The van der Waals surface area contributed by atoms with Crippen LogP contribution in [0.3, 0.4) is 0 Å². The third-order valence-electron chi connectivity index (χ3n) is 3.50. The summed E-state index contributed by atoms with van der Waals surface area (Å²) in [6.07, 6.45) is 2.62. The van der Waals surface area contributed by atoms with E-state index < -0.39 is 6.10 Å². The molecule has 0 spiro atoms. The smallest absolute Gasteiger partial charge is 0.151 e. The molecule has 1 aliphatic carbocycles. The van der Waals surface area contributed by atoms with Crippen LogP contribution in [0, 0.1) is 0 Å². The number of ether oxygens (including phenoxy) is 1. The zero-order valence-electron chi connectivity index (χ0n) is 9.80. The predicted octanol–water partition coefficient (Wildman–Crippen LogP) is 1.39. The maximum absolute atomic E-state index is 11.0. The van der Waals surface area contributed by atoms with Gasteiger partial charge < -0.3 is 14.4 Å². The Morgan fingerprint density at radius 3 is 2.88 bits per heavy atom. The first-order valence-electron chi connectivity index (χ1n) is 5.45. The van der Waals surface area contributed by atoms with Crippen molar-refractivity contribution >= 4 is 6.29 Å². The lowest BCUT2D eigenvalue weighted by molar-refractivity contribution is 0.0215. The molecule has 0 saturated heterocycles. The van der Waals surface area contributed by atoms with Crippen LogP contribution in [0.15, 0.2) is 6.20 Å². The first-order valence-corrected chi connectivity index (χ1v) is 5.45. The lowest BCUT2D eigenvalue weighted by Crippen LogP contribution is -2.28. The summed E-state index contributed by atoms with van der Waals surface area (Å²) >= 11 is 0. The molecule has 0 bridgehead atoms. The summed E-state index contributed by atoms with van der Waals surface area (Å²) in [6.45, 7) is 1.98. The minimum Gasteiger partial charge on any atom is -0.392 e. The van der Waals surface area contributed by atoms with Crippen molar-refractivity contribution in [2.75, 3.05) is 7.11 Å². The SMILES string of the molecule is COC1CC(O)C(C)c2c1c(C=O)cn2C. The first kappa shape index (κ1) is 11.4. The maximum atomic E-state index is 11.0. The van der Waals surface area contributed by atoms with Gasteiger partial charge in [-0.3, -0.25) is 4.79 Å². The summed E-state index contributed by atoms with van der Waals surface area (Å²) in [4.78, 5) is 11.0. The average molecular weight is 223 g/mol. The molecule has 88 valence electrons. The van der Waals surface area contributed by atoms with Crippen molar-refractivity contribution in [3.05, 3.63) is 23.0 Å². The van der Waals surface area contributed by atoms with Gasteiger partial charge in [-0.15, -0.1) is 0 Å². The molecule has 2 rings (SSSR count). The van der Waals surface area contributed by atoms with Gasteiger partial charge in [0.25, 0.3) is 0 Å². The number of fused-ring (bicyclic) bond motifs is 1. The Balaban J connectivity index is 2.59. The number of rotatable bonds is 2. The van der Waals surface area contributed by atoms with Gasteiger partial charge in [0.15, 0.2) is 6.29 Å². The average Bonchev–Trinajstić information content (AvgIpc) is 2.61. The number of aldehydes is 1. The number of hydrogen-bond donors (Lipinski definition) is 1. The van der Waals surface area contributed by atoms with Gasteiger partial charge in [0.2, 0.25) is 0 Å². The minimum atomic E-state index is -0.412. The zero-order chi connectivity index (χ0) is 11.9. The van der Waals surface area contributed by atoms with Crippen LogP contribution in [-0.2, 0) is 11.8 Å². The lowest BCUT2D eigenvalue weighted by atomic mass is 9.83. The Morgan fingerprint density at radius 2 is 2.31 bits per heavy atom. The monoisotopic (exact) mass is 223 g/mol. The Bertz CT molecular complexity index is 411. The summed E-state index contributed by atoms with van der Waals surface area (Å²) in [5, 5.41) is 9.95. The molecule has 1 heterocycles. The molecule has 1 aliphatic rings. The van der Waals surface area contributed by atoms with Crippen LogP contribution >= 0.6 is 0 Å². The van der Waals surface area contributed by atoms with E-state index in [1.54, 1.807) is 13.3 Å². The third kappa shape index (κ3) is 1.49. The Hall–Kier alpha value is -1.13.